The summed E-state index contributed by atoms with van der Waals surface area (Å²) in [5, 5.41) is 12.9. The van der Waals surface area contributed by atoms with E-state index >= 15 is 0 Å². The van der Waals surface area contributed by atoms with Crippen LogP contribution in [0.5, 0.6) is 0 Å². The van der Waals surface area contributed by atoms with Crippen LogP contribution in [0.15, 0.2) is 22.7 Å². The number of hydrogen-bond acceptors (Lipinski definition) is 3. The maximum absolute atomic E-state index is 13.6. The van der Waals surface area contributed by atoms with Gasteiger partial charge in [-0.3, -0.25) is 0 Å². The molecule has 1 saturated carbocycles. The third-order valence-corrected chi connectivity index (χ3v) is 5.11. The number of ether oxygens (including phenoxy) is 1. The summed E-state index contributed by atoms with van der Waals surface area (Å²) >= 11 is 3.45. The monoisotopic (exact) mass is 415 g/mol. The van der Waals surface area contributed by atoms with Crippen molar-refractivity contribution >= 4 is 22.0 Å². The summed E-state index contributed by atoms with van der Waals surface area (Å²) in [5.74, 6) is 0.247. The maximum Gasteiger partial charge on any atom is 0.407 e. The van der Waals surface area contributed by atoms with Crippen LogP contribution in [0.3, 0.4) is 0 Å². The number of hydrogen-bond donors (Lipinski definition) is 2. The molecule has 0 aromatic heterocycles. The minimum Gasteiger partial charge on any atom is -0.444 e. The molecule has 1 aliphatic carbocycles. The van der Waals surface area contributed by atoms with Crippen molar-refractivity contribution in [3.05, 3.63) is 34.1 Å². The normalized spacial score (nSPS) is 17.0. The van der Waals surface area contributed by atoms with Crippen LogP contribution in [0.2, 0.25) is 0 Å². The SMILES string of the molecule is CC(C)(C)OC(=O)NCC(CO)(Cc1cc(F)ccc1Br)CC1CC1. The molecule has 25 heavy (non-hydrogen) atoms. The zero-order valence-electron chi connectivity index (χ0n) is 15.1. The predicted molar refractivity (Wildman–Crippen MR) is 98.9 cm³/mol. The van der Waals surface area contributed by atoms with E-state index in [9.17, 15) is 14.3 Å². The van der Waals surface area contributed by atoms with Crippen LogP contribution in [0.1, 0.15) is 45.6 Å². The number of halogens is 2. The van der Waals surface area contributed by atoms with Gasteiger partial charge in [0.05, 0.1) is 6.61 Å². The molecule has 0 aliphatic heterocycles. The fourth-order valence-electron chi connectivity index (χ4n) is 2.97. The van der Waals surface area contributed by atoms with Crippen molar-refractivity contribution in [2.75, 3.05) is 13.2 Å². The minimum atomic E-state index is -0.575. The molecule has 4 nitrogen and oxygen atoms in total. The van der Waals surface area contributed by atoms with Gasteiger partial charge >= 0.3 is 6.09 Å². The van der Waals surface area contributed by atoms with Crippen molar-refractivity contribution in [1.29, 1.82) is 0 Å². The molecular weight excluding hydrogens is 389 g/mol. The van der Waals surface area contributed by atoms with Crippen LogP contribution in [0.4, 0.5) is 9.18 Å². The second kappa shape index (κ2) is 8.04. The topological polar surface area (TPSA) is 58.6 Å². The van der Waals surface area contributed by atoms with Gasteiger partial charge in [0, 0.05) is 16.4 Å². The van der Waals surface area contributed by atoms with E-state index in [1.165, 1.54) is 12.1 Å². The second-order valence-corrected chi connectivity index (χ2v) is 8.93. The molecule has 1 unspecified atom stereocenters. The first-order valence-electron chi connectivity index (χ1n) is 8.64. The van der Waals surface area contributed by atoms with Crippen LogP contribution in [0.25, 0.3) is 0 Å². The van der Waals surface area contributed by atoms with Crippen LogP contribution >= 0.6 is 15.9 Å². The molecule has 1 atom stereocenters. The number of carbonyl (C=O) groups excluding carboxylic acids is 1. The van der Waals surface area contributed by atoms with Gasteiger partial charge in [0.25, 0.3) is 0 Å². The van der Waals surface area contributed by atoms with E-state index in [1.54, 1.807) is 26.8 Å². The van der Waals surface area contributed by atoms with Crippen molar-refractivity contribution in [3.8, 4) is 0 Å². The Bertz CT molecular complexity index is 613. The van der Waals surface area contributed by atoms with E-state index in [1.807, 2.05) is 0 Å². The van der Waals surface area contributed by atoms with Crippen LogP contribution in [0, 0.1) is 17.2 Å². The Morgan fingerprint density at radius 3 is 2.64 bits per heavy atom. The van der Waals surface area contributed by atoms with Gasteiger partial charge in [0.1, 0.15) is 11.4 Å². The average molecular weight is 416 g/mol. The zero-order chi connectivity index (χ0) is 18.7. The first-order chi connectivity index (χ1) is 11.6. The van der Waals surface area contributed by atoms with Gasteiger partial charge in [0.15, 0.2) is 0 Å². The second-order valence-electron chi connectivity index (χ2n) is 8.07. The van der Waals surface area contributed by atoms with Crippen molar-refractivity contribution in [2.24, 2.45) is 11.3 Å². The van der Waals surface area contributed by atoms with Gasteiger partial charge in [-0.1, -0.05) is 28.8 Å². The van der Waals surface area contributed by atoms with E-state index in [0.29, 0.717) is 12.3 Å². The number of alkyl carbamates (subject to hydrolysis) is 1. The number of carbonyl (C=O) groups is 1. The molecule has 140 valence electrons. The standard InChI is InChI=1S/C19H27BrFNO3/c1-18(2,3)25-17(24)22-11-19(12-23,9-13-4-5-13)10-14-8-15(21)6-7-16(14)20/h6-8,13,23H,4-5,9-12H2,1-3H3,(H,22,24). The molecule has 1 aromatic rings. The maximum atomic E-state index is 13.6. The molecule has 0 heterocycles. The molecule has 1 aliphatic rings. The van der Waals surface area contributed by atoms with Crippen LogP contribution in [-0.4, -0.2) is 30.0 Å². The largest absolute Gasteiger partial charge is 0.444 e. The molecule has 0 radical (unpaired) electrons. The Morgan fingerprint density at radius 2 is 2.08 bits per heavy atom. The first kappa shape index (κ1) is 20.2. The Hall–Kier alpha value is -1.14. The molecule has 0 saturated heterocycles. The molecule has 2 N–H and O–H groups in total. The van der Waals surface area contributed by atoms with Gasteiger partial charge < -0.3 is 15.2 Å². The van der Waals surface area contributed by atoms with E-state index in [-0.39, 0.29) is 19.0 Å². The van der Waals surface area contributed by atoms with Crippen molar-refractivity contribution in [1.82, 2.24) is 5.32 Å². The van der Waals surface area contributed by atoms with Gasteiger partial charge in [-0.15, -0.1) is 0 Å². The van der Waals surface area contributed by atoms with E-state index in [2.05, 4.69) is 21.2 Å². The van der Waals surface area contributed by atoms with E-state index in [4.69, 9.17) is 4.74 Å². The lowest BCUT2D eigenvalue weighted by molar-refractivity contribution is 0.0449. The summed E-state index contributed by atoms with van der Waals surface area (Å²) in [7, 11) is 0. The fraction of sp³-hybridized carbons (Fsp3) is 0.632. The summed E-state index contributed by atoms with van der Waals surface area (Å²) < 4.78 is 19.7. The summed E-state index contributed by atoms with van der Waals surface area (Å²) in [5.41, 5.74) is -0.316. The summed E-state index contributed by atoms with van der Waals surface area (Å²) in [6.45, 7) is 5.62. The number of rotatable bonds is 7. The van der Waals surface area contributed by atoms with Crippen molar-refractivity contribution in [2.45, 2.75) is 52.1 Å². The Morgan fingerprint density at radius 1 is 1.40 bits per heavy atom. The zero-order valence-corrected chi connectivity index (χ0v) is 16.7. The smallest absolute Gasteiger partial charge is 0.407 e. The molecule has 1 amide bonds. The predicted octanol–water partition coefficient (Wildman–Crippen LogP) is 4.43. The number of benzene rings is 1. The van der Waals surface area contributed by atoms with Crippen LogP contribution < -0.4 is 5.32 Å². The summed E-state index contributed by atoms with van der Waals surface area (Å²) in [6.07, 6.45) is 3.05. The average Bonchev–Trinajstić information content (AvgIpc) is 3.31. The van der Waals surface area contributed by atoms with E-state index in [0.717, 1.165) is 29.3 Å². The fourth-order valence-corrected chi connectivity index (χ4v) is 3.36. The highest BCUT2D eigenvalue weighted by Crippen LogP contribution is 2.42. The van der Waals surface area contributed by atoms with Crippen LogP contribution in [-0.2, 0) is 11.2 Å². The van der Waals surface area contributed by atoms with Gasteiger partial charge in [-0.25, -0.2) is 9.18 Å². The van der Waals surface area contributed by atoms with Gasteiger partial charge in [-0.2, -0.15) is 0 Å². The van der Waals surface area contributed by atoms with Crippen molar-refractivity contribution < 1.29 is 19.0 Å². The van der Waals surface area contributed by atoms with Gasteiger partial charge in [0.2, 0.25) is 0 Å². The van der Waals surface area contributed by atoms with Crippen molar-refractivity contribution in [3.63, 3.8) is 0 Å². The molecule has 1 fully saturated rings. The molecule has 0 spiro atoms. The summed E-state index contributed by atoms with van der Waals surface area (Å²) in [6, 6.07) is 4.55. The summed E-state index contributed by atoms with van der Waals surface area (Å²) in [4.78, 5) is 12.0. The lowest BCUT2D eigenvalue weighted by Gasteiger charge is -2.33. The quantitative estimate of drug-likeness (QED) is 0.691. The number of aliphatic hydroxyl groups is 1. The molecule has 2 rings (SSSR count). The number of nitrogens with one attached hydrogen (secondary N) is 1. The lowest BCUT2D eigenvalue weighted by atomic mass is 9.77. The first-order valence-corrected chi connectivity index (χ1v) is 9.43. The number of aliphatic hydroxyl groups excluding tert-OH is 1. The van der Waals surface area contributed by atoms with E-state index < -0.39 is 17.1 Å². The Labute approximate surface area is 157 Å². The third-order valence-electron chi connectivity index (χ3n) is 4.33. The molecule has 1 aromatic carbocycles. The number of amides is 1. The molecular formula is C19H27BrFNO3. The minimum absolute atomic E-state index is 0.0811. The highest BCUT2D eigenvalue weighted by molar-refractivity contribution is 9.10. The lowest BCUT2D eigenvalue weighted by Crippen LogP contribution is -2.44. The Kier molecular flexibility index (Phi) is 6.49. The highest BCUT2D eigenvalue weighted by Gasteiger charge is 2.38. The Balaban J connectivity index is 2.12. The van der Waals surface area contributed by atoms with Gasteiger partial charge in [-0.05, 0) is 63.3 Å². The highest BCUT2D eigenvalue weighted by atomic mass is 79.9. The third kappa shape index (κ3) is 6.59. The molecule has 0 bridgehead atoms. The molecule has 6 heteroatoms.